The van der Waals surface area contributed by atoms with E-state index in [0.717, 1.165) is 12.8 Å². The Balaban J connectivity index is 0.000000108. The van der Waals surface area contributed by atoms with Crippen LogP contribution in [0, 0.1) is 0 Å². The Morgan fingerprint density at radius 3 is 1.14 bits per heavy atom. The molecule has 0 unspecified atom stereocenters. The molecule has 8 rings (SSSR count). The summed E-state index contributed by atoms with van der Waals surface area (Å²) < 4.78 is 0. The molecule has 4 aromatic rings. The molecule has 0 fully saturated rings. The Hall–Kier alpha value is -3.64. The van der Waals surface area contributed by atoms with Crippen molar-refractivity contribution in [3.63, 3.8) is 0 Å². The van der Waals surface area contributed by atoms with Crippen LogP contribution in [0.5, 0.6) is 0 Å². The predicted molar refractivity (Wildman–Crippen MR) is 159 cm³/mol. The van der Waals surface area contributed by atoms with E-state index >= 15 is 0 Å². The van der Waals surface area contributed by atoms with Gasteiger partial charge in [0.05, 0.1) is 0 Å². The fourth-order valence-electron chi connectivity index (χ4n) is 5.32. The summed E-state index contributed by atoms with van der Waals surface area (Å²) in [4.78, 5) is 0. The Morgan fingerprint density at radius 2 is 0.778 bits per heavy atom. The summed E-state index contributed by atoms with van der Waals surface area (Å²) in [6.07, 6.45) is 28.1. The molecular weight excluding hydrogens is 432 g/mol. The third-order valence-electron chi connectivity index (χ3n) is 7.13. The van der Waals surface area contributed by atoms with Gasteiger partial charge in [0.25, 0.3) is 0 Å². The van der Waals surface area contributed by atoms with E-state index in [4.69, 9.17) is 0 Å². The summed E-state index contributed by atoms with van der Waals surface area (Å²) >= 11 is 0. The van der Waals surface area contributed by atoms with Crippen LogP contribution in [0.1, 0.15) is 60.8 Å². The van der Waals surface area contributed by atoms with E-state index in [1.54, 1.807) is 0 Å². The van der Waals surface area contributed by atoms with E-state index in [1.807, 2.05) is 0 Å². The molecule has 0 radical (unpaired) electrons. The average molecular weight is 469 g/mol. The smallest absolute Gasteiger partial charge is 0.00763 e. The lowest BCUT2D eigenvalue weighted by Gasteiger charge is -2.11. The molecule has 0 saturated heterocycles. The molecule has 0 atom stereocenters. The normalized spacial score (nSPS) is 15.6. The van der Waals surface area contributed by atoms with Crippen molar-refractivity contribution in [3.8, 4) is 0 Å². The molecule has 180 valence electrons. The van der Waals surface area contributed by atoms with Crippen molar-refractivity contribution < 1.29 is 0 Å². The molecular formula is C36H36. The lowest BCUT2D eigenvalue weighted by Crippen LogP contribution is -1.91. The minimum atomic E-state index is 1.08. The zero-order chi connectivity index (χ0) is 24.4. The van der Waals surface area contributed by atoms with Gasteiger partial charge in [-0.15, -0.1) is 0 Å². The van der Waals surface area contributed by atoms with E-state index in [2.05, 4.69) is 121 Å². The second-order valence-electron chi connectivity index (χ2n) is 9.74. The number of hydrogen-bond acceptors (Lipinski definition) is 0. The molecule has 0 aliphatic heterocycles. The molecule has 0 saturated carbocycles. The zero-order valence-corrected chi connectivity index (χ0v) is 21.2. The number of benzene rings is 4. The monoisotopic (exact) mass is 468 g/mol. The van der Waals surface area contributed by atoms with Crippen molar-refractivity contribution >= 4 is 33.7 Å². The van der Waals surface area contributed by atoms with Crippen LogP contribution in [0.3, 0.4) is 0 Å². The van der Waals surface area contributed by atoms with Gasteiger partial charge < -0.3 is 0 Å². The first-order chi connectivity index (χ1) is 17.9. The van der Waals surface area contributed by atoms with E-state index in [0.29, 0.717) is 0 Å². The number of hydrogen-bond donors (Lipinski definition) is 0. The van der Waals surface area contributed by atoms with Crippen LogP contribution in [0.15, 0.2) is 109 Å². The molecule has 0 N–H and O–H groups in total. The van der Waals surface area contributed by atoms with Gasteiger partial charge in [0.1, 0.15) is 0 Å². The topological polar surface area (TPSA) is 0 Å². The number of rotatable bonds is 0. The first kappa shape index (κ1) is 24.1. The van der Waals surface area contributed by atoms with Crippen molar-refractivity contribution in [3.05, 3.63) is 132 Å². The van der Waals surface area contributed by atoms with E-state index in [1.165, 1.54) is 82.3 Å². The van der Waals surface area contributed by atoms with Crippen LogP contribution >= 0.6 is 0 Å². The summed E-state index contributed by atoms with van der Waals surface area (Å²) in [6, 6.07) is 26.1. The minimum absolute atomic E-state index is 1.08. The average Bonchev–Trinajstić information content (AvgIpc) is 3.71. The lowest BCUT2D eigenvalue weighted by molar-refractivity contribution is 0.929. The van der Waals surface area contributed by atoms with E-state index < -0.39 is 0 Å². The molecule has 0 amide bonds. The van der Waals surface area contributed by atoms with Crippen molar-refractivity contribution in [2.45, 2.75) is 51.4 Å². The maximum absolute atomic E-state index is 2.24. The fourth-order valence-corrected chi connectivity index (χ4v) is 5.32. The highest BCUT2D eigenvalue weighted by atomic mass is 14.1. The van der Waals surface area contributed by atoms with Crippen molar-refractivity contribution in [2.75, 3.05) is 0 Å². The lowest BCUT2D eigenvalue weighted by atomic mass is 9.93. The molecule has 0 aromatic heterocycles. The Labute approximate surface area is 216 Å². The van der Waals surface area contributed by atoms with Gasteiger partial charge in [0, 0.05) is 0 Å². The van der Waals surface area contributed by atoms with Gasteiger partial charge in [-0.25, -0.2) is 0 Å². The first-order valence-electron chi connectivity index (χ1n) is 13.5. The van der Waals surface area contributed by atoms with Crippen LogP contribution in [0.2, 0.25) is 0 Å². The van der Waals surface area contributed by atoms with Gasteiger partial charge in [-0.1, -0.05) is 121 Å². The summed E-state index contributed by atoms with van der Waals surface area (Å²) in [5.74, 6) is 0. The molecule has 0 bridgehead atoms. The summed E-state index contributed by atoms with van der Waals surface area (Å²) in [5, 5.41) is 5.60. The molecule has 0 heterocycles. The highest BCUT2D eigenvalue weighted by Gasteiger charge is 2.07. The van der Waals surface area contributed by atoms with Gasteiger partial charge in [0.15, 0.2) is 0 Å². The summed E-state index contributed by atoms with van der Waals surface area (Å²) in [7, 11) is 0. The third-order valence-corrected chi connectivity index (χ3v) is 7.13. The highest BCUT2D eigenvalue weighted by molar-refractivity contribution is 5.95. The van der Waals surface area contributed by atoms with Crippen LogP contribution in [-0.4, -0.2) is 0 Å². The van der Waals surface area contributed by atoms with Gasteiger partial charge >= 0.3 is 0 Å². The SMILES string of the molecule is C1=CCCC1.C1=CCCC1.C1=Cc2cccc3cccc(c23)C1.C1=Cc2cccc3cccc(c23)C1. The van der Waals surface area contributed by atoms with E-state index in [-0.39, 0.29) is 0 Å². The van der Waals surface area contributed by atoms with Crippen LogP contribution < -0.4 is 0 Å². The minimum Gasteiger partial charge on any atom is -0.0885 e. The first-order valence-corrected chi connectivity index (χ1v) is 13.5. The molecule has 0 spiro atoms. The van der Waals surface area contributed by atoms with Gasteiger partial charge in [-0.05, 0) is 95.2 Å². The van der Waals surface area contributed by atoms with Crippen molar-refractivity contribution in [1.82, 2.24) is 0 Å². The van der Waals surface area contributed by atoms with Gasteiger partial charge in [-0.2, -0.15) is 0 Å². The number of allylic oxidation sites excluding steroid dienone is 6. The van der Waals surface area contributed by atoms with E-state index in [9.17, 15) is 0 Å². The van der Waals surface area contributed by atoms with Crippen LogP contribution in [-0.2, 0) is 12.8 Å². The van der Waals surface area contributed by atoms with Gasteiger partial charge in [0.2, 0.25) is 0 Å². The van der Waals surface area contributed by atoms with Crippen molar-refractivity contribution in [2.24, 2.45) is 0 Å². The maximum Gasteiger partial charge on any atom is -0.00763 e. The molecule has 4 aliphatic carbocycles. The zero-order valence-electron chi connectivity index (χ0n) is 21.2. The molecule has 0 heteroatoms. The Bertz CT molecular complexity index is 1290. The second kappa shape index (κ2) is 12.4. The quantitative estimate of drug-likeness (QED) is 0.225. The predicted octanol–water partition coefficient (Wildman–Crippen LogP) is 10.3. The standard InChI is InChI=1S/2C13H10.2C5H8/c2*1-4-10-6-2-8-12-9-3-7-11(5-1)13(10)12;2*1-2-4-5-3-1/h2*1-8H,9H2;2*1-2H,3-5H2. The molecule has 36 heavy (non-hydrogen) atoms. The summed E-state index contributed by atoms with van der Waals surface area (Å²) in [6.45, 7) is 0. The fraction of sp³-hybridized carbons (Fsp3) is 0.222. The molecule has 0 nitrogen and oxygen atoms in total. The molecule has 4 aromatic carbocycles. The van der Waals surface area contributed by atoms with Crippen molar-refractivity contribution in [1.29, 1.82) is 0 Å². The van der Waals surface area contributed by atoms with Crippen LogP contribution in [0.25, 0.3) is 33.7 Å². The summed E-state index contributed by atoms with van der Waals surface area (Å²) in [5.41, 5.74) is 5.63. The maximum atomic E-state index is 2.24. The largest absolute Gasteiger partial charge is 0.0885 e. The Kier molecular flexibility index (Phi) is 8.26. The third kappa shape index (κ3) is 5.94. The van der Waals surface area contributed by atoms with Gasteiger partial charge in [-0.3, -0.25) is 0 Å². The van der Waals surface area contributed by atoms with Crippen LogP contribution in [0.4, 0.5) is 0 Å². The Morgan fingerprint density at radius 1 is 0.389 bits per heavy atom. The highest BCUT2D eigenvalue weighted by Crippen LogP contribution is 2.28. The second-order valence-corrected chi connectivity index (χ2v) is 9.74. The molecule has 4 aliphatic rings.